The molecule has 1 heterocycles. The fraction of sp³-hybridized carbons (Fsp3) is 0.375. The van der Waals surface area contributed by atoms with Crippen molar-refractivity contribution in [1.29, 1.82) is 0 Å². The molecule has 0 amide bonds. The molecule has 94 valence electrons. The lowest BCUT2D eigenvalue weighted by molar-refractivity contribution is 0.0541. The molecular formula is C16H19NO. The number of rotatable bonds is 3. The first-order valence-corrected chi connectivity index (χ1v) is 6.72. The summed E-state index contributed by atoms with van der Waals surface area (Å²) in [4.78, 5) is 0. The van der Waals surface area contributed by atoms with E-state index in [9.17, 15) is 0 Å². The summed E-state index contributed by atoms with van der Waals surface area (Å²) in [6, 6.07) is 15.5. The van der Waals surface area contributed by atoms with E-state index in [1.807, 2.05) is 0 Å². The second kappa shape index (κ2) is 5.09. The maximum atomic E-state index is 5.82. The van der Waals surface area contributed by atoms with E-state index in [0.29, 0.717) is 12.1 Å². The molecule has 2 heteroatoms. The molecule has 1 aliphatic heterocycles. The molecule has 1 saturated heterocycles. The van der Waals surface area contributed by atoms with Gasteiger partial charge in [0, 0.05) is 6.61 Å². The van der Waals surface area contributed by atoms with Crippen molar-refractivity contribution < 1.29 is 4.74 Å². The Balaban J connectivity index is 1.93. The van der Waals surface area contributed by atoms with Crippen LogP contribution in [0.25, 0.3) is 10.8 Å². The highest BCUT2D eigenvalue weighted by atomic mass is 16.5. The average molecular weight is 241 g/mol. The van der Waals surface area contributed by atoms with E-state index in [2.05, 4.69) is 54.7 Å². The summed E-state index contributed by atoms with van der Waals surface area (Å²) in [7, 11) is 0. The Morgan fingerprint density at radius 1 is 1.17 bits per heavy atom. The number of hydrogen-bond donors (Lipinski definition) is 1. The van der Waals surface area contributed by atoms with Gasteiger partial charge in [-0.2, -0.15) is 0 Å². The lowest BCUT2D eigenvalue weighted by atomic mass is 9.99. The summed E-state index contributed by atoms with van der Waals surface area (Å²) in [5.41, 5.74) is 1.34. The van der Waals surface area contributed by atoms with Crippen molar-refractivity contribution in [3.05, 3.63) is 48.0 Å². The average Bonchev–Trinajstić information content (AvgIpc) is 2.87. The van der Waals surface area contributed by atoms with Gasteiger partial charge >= 0.3 is 0 Å². The van der Waals surface area contributed by atoms with Crippen LogP contribution in [0.1, 0.15) is 24.9 Å². The number of hydrogen-bond acceptors (Lipinski definition) is 2. The normalized spacial score (nSPS) is 23.6. The van der Waals surface area contributed by atoms with Crippen molar-refractivity contribution in [2.24, 2.45) is 0 Å². The van der Waals surface area contributed by atoms with Crippen LogP contribution in [0.2, 0.25) is 0 Å². The highest BCUT2D eigenvalue weighted by Crippen LogP contribution is 2.28. The van der Waals surface area contributed by atoms with Gasteiger partial charge in [-0.05, 0) is 42.3 Å². The summed E-state index contributed by atoms with van der Waals surface area (Å²) < 4.78 is 5.82. The van der Waals surface area contributed by atoms with Crippen LogP contribution in [-0.2, 0) is 4.74 Å². The lowest BCUT2D eigenvalue weighted by Gasteiger charge is -2.20. The van der Waals surface area contributed by atoms with Gasteiger partial charge in [0.25, 0.3) is 0 Å². The van der Waals surface area contributed by atoms with E-state index in [1.165, 1.54) is 16.3 Å². The molecule has 0 aliphatic carbocycles. The Morgan fingerprint density at radius 3 is 2.83 bits per heavy atom. The Morgan fingerprint density at radius 2 is 2.00 bits per heavy atom. The highest BCUT2D eigenvalue weighted by Gasteiger charge is 2.28. The minimum absolute atomic E-state index is 0.316. The van der Waals surface area contributed by atoms with Gasteiger partial charge in [0.1, 0.15) is 0 Å². The van der Waals surface area contributed by atoms with E-state index in [4.69, 9.17) is 4.74 Å². The third-order valence-corrected chi connectivity index (χ3v) is 3.68. The second-order valence-electron chi connectivity index (χ2n) is 4.82. The molecule has 1 fully saturated rings. The molecule has 1 N–H and O–H groups in total. The molecule has 1 aliphatic rings. The predicted molar refractivity (Wildman–Crippen MR) is 74.7 cm³/mol. The molecule has 0 radical (unpaired) electrons. The molecule has 0 bridgehead atoms. The molecule has 2 nitrogen and oxygen atoms in total. The fourth-order valence-corrected chi connectivity index (χ4v) is 2.81. The summed E-state index contributed by atoms with van der Waals surface area (Å²) in [5, 5.41) is 6.15. The first-order valence-electron chi connectivity index (χ1n) is 6.72. The molecule has 2 unspecified atom stereocenters. The lowest BCUT2D eigenvalue weighted by Crippen LogP contribution is -2.23. The van der Waals surface area contributed by atoms with Crippen LogP contribution in [0, 0.1) is 0 Å². The van der Waals surface area contributed by atoms with Crippen LogP contribution in [0.15, 0.2) is 42.5 Å². The molecule has 3 rings (SSSR count). The summed E-state index contributed by atoms with van der Waals surface area (Å²) in [6.45, 7) is 3.90. The Hall–Kier alpha value is -1.38. The van der Waals surface area contributed by atoms with Gasteiger partial charge in [0.2, 0.25) is 0 Å². The van der Waals surface area contributed by atoms with Gasteiger partial charge in [0.15, 0.2) is 0 Å². The Kier molecular flexibility index (Phi) is 3.31. The van der Waals surface area contributed by atoms with Crippen molar-refractivity contribution >= 4 is 10.8 Å². The van der Waals surface area contributed by atoms with E-state index in [-0.39, 0.29) is 0 Å². The second-order valence-corrected chi connectivity index (χ2v) is 4.82. The maximum Gasteiger partial charge on any atom is 0.0781 e. The molecule has 0 aromatic heterocycles. The largest absolute Gasteiger partial charge is 0.376 e. The van der Waals surface area contributed by atoms with Crippen molar-refractivity contribution in [3.63, 3.8) is 0 Å². The number of benzene rings is 2. The van der Waals surface area contributed by atoms with Crippen LogP contribution >= 0.6 is 0 Å². The van der Waals surface area contributed by atoms with Gasteiger partial charge in [-0.15, -0.1) is 0 Å². The quantitative estimate of drug-likeness (QED) is 0.890. The summed E-state index contributed by atoms with van der Waals surface area (Å²) in [5.74, 6) is 0. The standard InChI is InChI=1S/C16H19NO/c1-2-18-15-9-10-17-16(15)14-8-7-12-5-3-4-6-13(12)11-14/h3-8,11,15-17H,2,9-10H2,1H3. The van der Waals surface area contributed by atoms with E-state index in [1.54, 1.807) is 0 Å². The highest BCUT2D eigenvalue weighted by molar-refractivity contribution is 5.83. The zero-order valence-corrected chi connectivity index (χ0v) is 10.7. The first-order chi connectivity index (χ1) is 8.88. The molecule has 2 aromatic carbocycles. The number of fused-ring (bicyclic) bond motifs is 1. The molecule has 0 saturated carbocycles. The van der Waals surface area contributed by atoms with Crippen LogP contribution in [-0.4, -0.2) is 19.3 Å². The van der Waals surface area contributed by atoms with E-state index >= 15 is 0 Å². The van der Waals surface area contributed by atoms with Gasteiger partial charge in [0.05, 0.1) is 12.1 Å². The maximum absolute atomic E-state index is 5.82. The first kappa shape index (κ1) is 11.7. The molecule has 2 aromatic rings. The minimum atomic E-state index is 0.316. The predicted octanol–water partition coefficient (Wildman–Crippen LogP) is 3.28. The van der Waals surface area contributed by atoms with Crippen LogP contribution < -0.4 is 5.32 Å². The monoisotopic (exact) mass is 241 g/mol. The van der Waals surface area contributed by atoms with Crippen molar-refractivity contribution in [2.45, 2.75) is 25.5 Å². The fourth-order valence-electron chi connectivity index (χ4n) is 2.81. The number of ether oxygens (including phenoxy) is 1. The van der Waals surface area contributed by atoms with Crippen LogP contribution in [0.5, 0.6) is 0 Å². The Labute approximate surface area is 108 Å². The zero-order valence-electron chi connectivity index (χ0n) is 10.7. The smallest absolute Gasteiger partial charge is 0.0781 e. The van der Waals surface area contributed by atoms with E-state index in [0.717, 1.165) is 19.6 Å². The van der Waals surface area contributed by atoms with Crippen molar-refractivity contribution in [3.8, 4) is 0 Å². The third-order valence-electron chi connectivity index (χ3n) is 3.68. The molecule has 0 spiro atoms. The zero-order chi connectivity index (χ0) is 12.4. The van der Waals surface area contributed by atoms with Gasteiger partial charge < -0.3 is 10.1 Å². The van der Waals surface area contributed by atoms with Crippen LogP contribution in [0.4, 0.5) is 0 Å². The summed E-state index contributed by atoms with van der Waals surface area (Å²) >= 11 is 0. The minimum Gasteiger partial charge on any atom is -0.376 e. The SMILES string of the molecule is CCOC1CCNC1c1ccc2ccccc2c1. The summed E-state index contributed by atoms with van der Waals surface area (Å²) in [6.07, 6.45) is 1.42. The van der Waals surface area contributed by atoms with Crippen molar-refractivity contribution in [1.82, 2.24) is 5.32 Å². The number of nitrogens with one attached hydrogen (secondary N) is 1. The molecular weight excluding hydrogens is 222 g/mol. The van der Waals surface area contributed by atoms with Gasteiger partial charge in [-0.25, -0.2) is 0 Å². The van der Waals surface area contributed by atoms with Gasteiger partial charge in [-0.1, -0.05) is 36.4 Å². The third kappa shape index (κ3) is 2.14. The van der Waals surface area contributed by atoms with Gasteiger partial charge in [-0.3, -0.25) is 0 Å². The molecule has 18 heavy (non-hydrogen) atoms. The van der Waals surface area contributed by atoms with Crippen LogP contribution in [0.3, 0.4) is 0 Å². The molecule has 2 atom stereocenters. The Bertz CT molecular complexity index is 537. The van der Waals surface area contributed by atoms with Crippen molar-refractivity contribution in [2.75, 3.05) is 13.2 Å². The van der Waals surface area contributed by atoms with E-state index < -0.39 is 0 Å². The topological polar surface area (TPSA) is 21.3 Å².